The van der Waals surface area contributed by atoms with Crippen LogP contribution in [0.1, 0.15) is 56.8 Å². The van der Waals surface area contributed by atoms with Crippen LogP contribution in [0.3, 0.4) is 0 Å². The molecule has 1 saturated heterocycles. The standard InChI is InChI=1S/C19H27N3/c1-13(2)12-22-18-6-5-16(14(3)4)11-17(18)21-19(22)15-7-9-20-10-8-15/h5-6,11,14-15,20H,1,7-10,12H2,2-4H3. The first kappa shape index (κ1) is 15.3. The molecule has 3 nitrogen and oxygen atoms in total. The van der Waals surface area contributed by atoms with Gasteiger partial charge in [-0.25, -0.2) is 4.98 Å². The van der Waals surface area contributed by atoms with Crippen LogP contribution in [0.4, 0.5) is 0 Å². The van der Waals surface area contributed by atoms with Gasteiger partial charge in [-0.2, -0.15) is 0 Å². The number of fused-ring (bicyclic) bond motifs is 1. The molecular weight excluding hydrogens is 270 g/mol. The van der Waals surface area contributed by atoms with Crippen LogP contribution < -0.4 is 5.32 Å². The molecule has 1 aromatic carbocycles. The van der Waals surface area contributed by atoms with Crippen molar-refractivity contribution in [2.75, 3.05) is 13.1 Å². The topological polar surface area (TPSA) is 29.9 Å². The highest BCUT2D eigenvalue weighted by Crippen LogP contribution is 2.30. The third kappa shape index (κ3) is 2.95. The lowest BCUT2D eigenvalue weighted by Gasteiger charge is -2.23. The van der Waals surface area contributed by atoms with Crippen LogP contribution >= 0.6 is 0 Å². The maximum atomic E-state index is 5.03. The minimum atomic E-state index is 0.540. The molecule has 2 aromatic rings. The van der Waals surface area contributed by atoms with Crippen LogP contribution in [-0.4, -0.2) is 22.6 Å². The van der Waals surface area contributed by atoms with Crippen LogP contribution in [-0.2, 0) is 6.54 Å². The summed E-state index contributed by atoms with van der Waals surface area (Å²) in [5, 5.41) is 3.45. The molecule has 1 aliphatic rings. The first-order chi connectivity index (χ1) is 10.6. The van der Waals surface area contributed by atoms with Gasteiger partial charge in [0, 0.05) is 12.5 Å². The van der Waals surface area contributed by atoms with Gasteiger partial charge < -0.3 is 9.88 Å². The molecule has 3 heteroatoms. The van der Waals surface area contributed by atoms with E-state index >= 15 is 0 Å². The van der Waals surface area contributed by atoms with E-state index in [1.54, 1.807) is 0 Å². The molecule has 0 spiro atoms. The highest BCUT2D eigenvalue weighted by atomic mass is 15.1. The lowest BCUT2D eigenvalue weighted by Crippen LogP contribution is -2.28. The van der Waals surface area contributed by atoms with Gasteiger partial charge in [0.15, 0.2) is 0 Å². The van der Waals surface area contributed by atoms with Crippen molar-refractivity contribution in [1.82, 2.24) is 14.9 Å². The van der Waals surface area contributed by atoms with Crippen molar-refractivity contribution in [1.29, 1.82) is 0 Å². The monoisotopic (exact) mass is 297 g/mol. The molecule has 22 heavy (non-hydrogen) atoms. The van der Waals surface area contributed by atoms with Crippen molar-refractivity contribution in [3.63, 3.8) is 0 Å². The van der Waals surface area contributed by atoms with Gasteiger partial charge in [-0.1, -0.05) is 32.1 Å². The Hall–Kier alpha value is -1.61. The second kappa shape index (κ2) is 6.25. The lowest BCUT2D eigenvalue weighted by atomic mass is 9.97. The van der Waals surface area contributed by atoms with E-state index in [0.29, 0.717) is 11.8 Å². The minimum absolute atomic E-state index is 0.540. The lowest BCUT2D eigenvalue weighted by molar-refractivity contribution is 0.435. The average Bonchev–Trinajstić information content (AvgIpc) is 2.85. The van der Waals surface area contributed by atoms with Crippen molar-refractivity contribution < 1.29 is 0 Å². The third-order valence-electron chi connectivity index (χ3n) is 4.60. The Kier molecular flexibility index (Phi) is 4.34. The van der Waals surface area contributed by atoms with Gasteiger partial charge in [-0.05, 0) is 56.5 Å². The second-order valence-corrected chi connectivity index (χ2v) is 6.94. The number of nitrogens with one attached hydrogen (secondary N) is 1. The number of allylic oxidation sites excluding steroid dienone is 1. The van der Waals surface area contributed by atoms with Gasteiger partial charge in [0.25, 0.3) is 0 Å². The Bertz CT molecular complexity index is 675. The van der Waals surface area contributed by atoms with E-state index in [9.17, 15) is 0 Å². The third-order valence-corrected chi connectivity index (χ3v) is 4.60. The van der Waals surface area contributed by atoms with E-state index in [1.165, 1.54) is 35.3 Å². The van der Waals surface area contributed by atoms with Crippen LogP contribution in [0.5, 0.6) is 0 Å². The highest BCUT2D eigenvalue weighted by Gasteiger charge is 2.22. The number of hydrogen-bond acceptors (Lipinski definition) is 2. The average molecular weight is 297 g/mol. The number of imidazole rings is 1. The fraction of sp³-hybridized carbons (Fsp3) is 0.526. The molecule has 0 atom stereocenters. The van der Waals surface area contributed by atoms with Gasteiger partial charge in [0.05, 0.1) is 11.0 Å². The SMILES string of the molecule is C=C(C)Cn1c(C2CCNCC2)nc2cc(C(C)C)ccc21. The van der Waals surface area contributed by atoms with Gasteiger partial charge in [-0.3, -0.25) is 0 Å². The van der Waals surface area contributed by atoms with E-state index in [0.717, 1.165) is 25.2 Å². The van der Waals surface area contributed by atoms with E-state index in [-0.39, 0.29) is 0 Å². The summed E-state index contributed by atoms with van der Waals surface area (Å²) in [6.07, 6.45) is 2.35. The number of hydrogen-bond donors (Lipinski definition) is 1. The summed E-state index contributed by atoms with van der Waals surface area (Å²) in [6, 6.07) is 6.75. The van der Waals surface area contributed by atoms with E-state index in [2.05, 4.69) is 55.4 Å². The van der Waals surface area contributed by atoms with Crippen LogP contribution in [0.15, 0.2) is 30.4 Å². The molecule has 0 unspecified atom stereocenters. The van der Waals surface area contributed by atoms with Crippen molar-refractivity contribution >= 4 is 11.0 Å². The zero-order chi connectivity index (χ0) is 15.7. The Balaban J connectivity index is 2.09. The summed E-state index contributed by atoms with van der Waals surface area (Å²) in [6.45, 7) is 13.7. The summed E-state index contributed by atoms with van der Waals surface area (Å²) in [5.74, 6) is 2.36. The summed E-state index contributed by atoms with van der Waals surface area (Å²) < 4.78 is 2.39. The molecule has 0 radical (unpaired) electrons. The molecular formula is C19H27N3. The van der Waals surface area contributed by atoms with Crippen molar-refractivity contribution in [2.45, 2.75) is 52.0 Å². The molecule has 118 valence electrons. The van der Waals surface area contributed by atoms with E-state index < -0.39 is 0 Å². The van der Waals surface area contributed by atoms with Crippen LogP contribution in [0.25, 0.3) is 11.0 Å². The highest BCUT2D eigenvalue weighted by molar-refractivity contribution is 5.77. The Morgan fingerprint density at radius 1 is 1.36 bits per heavy atom. The van der Waals surface area contributed by atoms with Crippen molar-refractivity contribution in [3.8, 4) is 0 Å². The molecule has 1 aliphatic heterocycles. The summed E-state index contributed by atoms with van der Waals surface area (Å²) in [4.78, 5) is 5.03. The van der Waals surface area contributed by atoms with Crippen LogP contribution in [0.2, 0.25) is 0 Å². The van der Waals surface area contributed by atoms with Gasteiger partial charge >= 0.3 is 0 Å². The summed E-state index contributed by atoms with van der Waals surface area (Å²) in [7, 11) is 0. The predicted octanol–water partition coefficient (Wildman–Crippen LogP) is 4.20. The van der Waals surface area contributed by atoms with Crippen molar-refractivity contribution in [2.24, 2.45) is 0 Å². The largest absolute Gasteiger partial charge is 0.324 e. The zero-order valence-corrected chi connectivity index (χ0v) is 14.0. The first-order valence-corrected chi connectivity index (χ1v) is 8.41. The van der Waals surface area contributed by atoms with Gasteiger partial charge in [-0.15, -0.1) is 0 Å². The first-order valence-electron chi connectivity index (χ1n) is 8.41. The fourth-order valence-electron chi connectivity index (χ4n) is 3.35. The molecule has 1 N–H and O–H groups in total. The Morgan fingerprint density at radius 3 is 2.73 bits per heavy atom. The molecule has 2 heterocycles. The maximum Gasteiger partial charge on any atom is 0.113 e. The normalized spacial score (nSPS) is 16.5. The number of benzene rings is 1. The summed E-state index contributed by atoms with van der Waals surface area (Å²) >= 11 is 0. The molecule has 1 aromatic heterocycles. The number of aromatic nitrogens is 2. The molecule has 3 rings (SSSR count). The maximum absolute atomic E-state index is 5.03. The Morgan fingerprint density at radius 2 is 2.09 bits per heavy atom. The number of rotatable bonds is 4. The van der Waals surface area contributed by atoms with Gasteiger partial charge in [0.2, 0.25) is 0 Å². The Labute approximate surface area is 133 Å². The van der Waals surface area contributed by atoms with Gasteiger partial charge in [0.1, 0.15) is 5.82 Å². The molecule has 0 aliphatic carbocycles. The smallest absolute Gasteiger partial charge is 0.113 e. The van der Waals surface area contributed by atoms with E-state index in [4.69, 9.17) is 4.98 Å². The van der Waals surface area contributed by atoms with Crippen LogP contribution in [0, 0.1) is 0 Å². The number of nitrogens with zero attached hydrogens (tertiary/aromatic N) is 2. The zero-order valence-electron chi connectivity index (χ0n) is 14.0. The summed E-state index contributed by atoms with van der Waals surface area (Å²) in [5.41, 5.74) is 4.94. The minimum Gasteiger partial charge on any atom is -0.324 e. The second-order valence-electron chi connectivity index (χ2n) is 6.94. The predicted molar refractivity (Wildman–Crippen MR) is 93.5 cm³/mol. The van der Waals surface area contributed by atoms with Crippen molar-refractivity contribution in [3.05, 3.63) is 41.7 Å². The number of piperidine rings is 1. The fourth-order valence-corrected chi connectivity index (χ4v) is 3.35. The molecule has 1 fully saturated rings. The van der Waals surface area contributed by atoms with E-state index in [1.807, 2.05) is 0 Å². The molecule has 0 amide bonds. The molecule has 0 bridgehead atoms. The molecule has 0 saturated carbocycles. The quantitative estimate of drug-likeness (QED) is 0.857.